The van der Waals surface area contributed by atoms with E-state index in [4.69, 9.17) is 26.3 Å². The lowest BCUT2D eigenvalue weighted by molar-refractivity contribution is 0.0261. The monoisotopic (exact) mass is 547 g/mol. The average molecular weight is 548 g/mol. The van der Waals surface area contributed by atoms with E-state index in [1.54, 1.807) is 18.9 Å². The summed E-state index contributed by atoms with van der Waals surface area (Å²) in [5, 5.41) is 5.60. The highest BCUT2D eigenvalue weighted by Gasteiger charge is 2.65. The van der Waals surface area contributed by atoms with Crippen LogP contribution in [0.25, 0.3) is 0 Å². The lowest BCUT2D eigenvalue weighted by atomic mass is 9.64. The second-order valence-corrected chi connectivity index (χ2v) is 11.0. The zero-order valence-electron chi connectivity index (χ0n) is 21.3. The predicted molar refractivity (Wildman–Crippen MR) is 160 cm³/mol. The number of hydrogen-bond donors (Lipinski definition) is 0. The van der Waals surface area contributed by atoms with Gasteiger partial charge in [0.1, 0.15) is 16.9 Å². The Morgan fingerprint density at radius 3 is 1.72 bits per heavy atom. The van der Waals surface area contributed by atoms with Crippen LogP contribution in [-0.2, 0) is 15.2 Å². The first kappa shape index (κ1) is 25.3. The summed E-state index contributed by atoms with van der Waals surface area (Å²) in [6.07, 6.45) is 0. The van der Waals surface area contributed by atoms with Gasteiger partial charge in [0.05, 0.1) is 7.11 Å². The highest BCUT2D eigenvalue weighted by Crippen LogP contribution is 2.62. The van der Waals surface area contributed by atoms with Crippen molar-refractivity contribution >= 4 is 29.1 Å². The molecule has 1 unspecified atom stereocenters. The van der Waals surface area contributed by atoms with Crippen molar-refractivity contribution in [2.45, 2.75) is 15.2 Å². The van der Waals surface area contributed by atoms with Gasteiger partial charge in [-0.2, -0.15) is 0 Å². The summed E-state index contributed by atoms with van der Waals surface area (Å²) >= 11 is 7.98. The molecule has 6 rings (SSSR count). The molecule has 39 heavy (non-hydrogen) atoms. The van der Waals surface area contributed by atoms with Gasteiger partial charge in [0.15, 0.2) is 0 Å². The topological polar surface area (TPSA) is 30.8 Å². The van der Waals surface area contributed by atoms with Crippen molar-refractivity contribution in [2.24, 2.45) is 5.16 Å². The zero-order chi connectivity index (χ0) is 26.7. The van der Waals surface area contributed by atoms with Gasteiger partial charge < -0.3 is 9.57 Å². The number of nitrogens with zero attached hydrogens (tertiary/aromatic N) is 1. The molecule has 0 saturated carbocycles. The Hall–Kier alpha value is -3.99. The van der Waals surface area contributed by atoms with E-state index in [0.717, 1.165) is 38.6 Å². The third-order valence-electron chi connectivity index (χ3n) is 7.12. The smallest absolute Gasteiger partial charge is 0.231 e. The van der Waals surface area contributed by atoms with Crippen LogP contribution in [0.4, 0.5) is 0 Å². The molecule has 5 aromatic rings. The number of ether oxygens (including phenoxy) is 1. The molecule has 5 aromatic carbocycles. The molecule has 0 aromatic heterocycles. The van der Waals surface area contributed by atoms with Crippen LogP contribution in [0.5, 0.6) is 5.75 Å². The maximum Gasteiger partial charge on any atom is 0.231 e. The number of oxime groups is 1. The number of rotatable bonds is 7. The second-order valence-electron chi connectivity index (χ2n) is 9.28. The normalized spacial score (nSPS) is 17.7. The van der Waals surface area contributed by atoms with E-state index in [1.807, 2.05) is 66.7 Å². The average Bonchev–Trinajstić information content (AvgIpc) is 3.35. The molecule has 1 aliphatic heterocycles. The lowest BCUT2D eigenvalue weighted by Gasteiger charge is -2.44. The van der Waals surface area contributed by atoms with Gasteiger partial charge in [-0.1, -0.05) is 132 Å². The molecule has 0 fully saturated rings. The molecule has 0 N–H and O–H groups in total. The summed E-state index contributed by atoms with van der Waals surface area (Å²) in [5.74, 6) is 0.778. The first-order chi connectivity index (χ1) is 19.2. The highest BCUT2D eigenvalue weighted by atomic mass is 35.5. The van der Waals surface area contributed by atoms with Crippen LogP contribution >= 0.6 is 23.4 Å². The third kappa shape index (κ3) is 4.30. The van der Waals surface area contributed by atoms with E-state index in [2.05, 4.69) is 72.8 Å². The molecule has 0 bridgehead atoms. The molecule has 1 aliphatic rings. The highest BCUT2D eigenvalue weighted by molar-refractivity contribution is 8.00. The number of methoxy groups -OCH3 is 1. The molecule has 0 saturated heterocycles. The van der Waals surface area contributed by atoms with Gasteiger partial charge in [0, 0.05) is 21.0 Å². The number of halogens is 1. The summed E-state index contributed by atoms with van der Waals surface area (Å²) < 4.78 is 5.52. The van der Waals surface area contributed by atoms with Crippen molar-refractivity contribution in [3.05, 3.63) is 167 Å². The van der Waals surface area contributed by atoms with E-state index in [9.17, 15) is 0 Å². The van der Waals surface area contributed by atoms with Crippen LogP contribution in [0.2, 0.25) is 5.02 Å². The first-order valence-electron chi connectivity index (χ1n) is 12.7. The van der Waals surface area contributed by atoms with Crippen molar-refractivity contribution < 1.29 is 9.57 Å². The summed E-state index contributed by atoms with van der Waals surface area (Å²) in [6.45, 7) is 0. The van der Waals surface area contributed by atoms with Crippen LogP contribution < -0.4 is 4.74 Å². The molecule has 1 atom stereocenters. The predicted octanol–water partition coefficient (Wildman–Crippen LogP) is 8.71. The molecule has 0 spiro atoms. The van der Waals surface area contributed by atoms with Gasteiger partial charge in [0.25, 0.3) is 0 Å². The van der Waals surface area contributed by atoms with Crippen molar-refractivity contribution in [1.82, 2.24) is 0 Å². The van der Waals surface area contributed by atoms with Gasteiger partial charge in [-0.15, -0.1) is 0 Å². The van der Waals surface area contributed by atoms with Crippen molar-refractivity contribution in [3.8, 4) is 5.75 Å². The molecule has 192 valence electrons. The molecular formula is C34H26ClNO2S. The van der Waals surface area contributed by atoms with Gasteiger partial charge in [-0.3, -0.25) is 0 Å². The molecule has 0 radical (unpaired) electrons. The van der Waals surface area contributed by atoms with E-state index in [-0.39, 0.29) is 0 Å². The first-order valence-corrected chi connectivity index (χ1v) is 13.9. The Morgan fingerprint density at radius 2 is 1.18 bits per heavy atom. The number of benzene rings is 5. The fraction of sp³-hybridized carbons (Fsp3) is 0.0882. The Bertz CT molecular complexity index is 1530. The largest absolute Gasteiger partial charge is 0.497 e. The Labute approximate surface area is 238 Å². The summed E-state index contributed by atoms with van der Waals surface area (Å²) in [4.78, 5) is 6.87. The van der Waals surface area contributed by atoms with Gasteiger partial charge in [0.2, 0.25) is 4.93 Å². The van der Waals surface area contributed by atoms with Crippen molar-refractivity contribution in [2.75, 3.05) is 7.11 Å². The number of hydrogen-bond acceptors (Lipinski definition) is 4. The Balaban J connectivity index is 1.72. The molecule has 0 aliphatic carbocycles. The summed E-state index contributed by atoms with van der Waals surface area (Å²) in [6, 6.07) is 47.3. The fourth-order valence-corrected chi connectivity index (χ4v) is 6.93. The molecule has 1 heterocycles. The van der Waals surface area contributed by atoms with Crippen LogP contribution in [0, 0.1) is 0 Å². The molecule has 5 heteroatoms. The van der Waals surface area contributed by atoms with E-state index < -0.39 is 10.3 Å². The quantitative estimate of drug-likeness (QED) is 0.204. The standard InChI is InChI=1S/C34H26ClNO2S/c1-37-30-23-19-28(20-24-30)34(39-31-15-9-4-10-16-31)33(26-11-5-2-6-12-26,27-13-7-3-8-14-27)32(36-38-34)25-17-21-29(35)22-18-25/h2-24H,1H3. The fourth-order valence-electron chi connectivity index (χ4n) is 5.36. The summed E-state index contributed by atoms with van der Waals surface area (Å²) in [5.41, 5.74) is 4.03. The third-order valence-corrected chi connectivity index (χ3v) is 8.78. The Kier molecular flexibility index (Phi) is 6.90. The minimum atomic E-state index is -1.00. The minimum absolute atomic E-state index is 0.670. The number of thioether (sulfide) groups is 1. The van der Waals surface area contributed by atoms with Crippen LogP contribution in [0.1, 0.15) is 22.3 Å². The van der Waals surface area contributed by atoms with E-state index in [0.29, 0.717) is 5.02 Å². The van der Waals surface area contributed by atoms with E-state index in [1.165, 1.54) is 0 Å². The molecule has 0 amide bonds. The lowest BCUT2D eigenvalue weighted by Crippen LogP contribution is -2.51. The Morgan fingerprint density at radius 1 is 0.641 bits per heavy atom. The van der Waals surface area contributed by atoms with Crippen molar-refractivity contribution in [3.63, 3.8) is 0 Å². The van der Waals surface area contributed by atoms with Crippen molar-refractivity contribution in [1.29, 1.82) is 0 Å². The maximum atomic E-state index is 6.80. The maximum absolute atomic E-state index is 6.80. The molecular weight excluding hydrogens is 522 g/mol. The SMILES string of the molecule is COc1ccc(C2(Sc3ccccc3)ON=C(c3ccc(Cl)cc3)C2(c2ccccc2)c2ccccc2)cc1. The van der Waals surface area contributed by atoms with Crippen LogP contribution in [0.3, 0.4) is 0 Å². The van der Waals surface area contributed by atoms with Gasteiger partial charge >= 0.3 is 0 Å². The minimum Gasteiger partial charge on any atom is -0.497 e. The van der Waals surface area contributed by atoms with Gasteiger partial charge in [-0.05, 0) is 47.5 Å². The van der Waals surface area contributed by atoms with Gasteiger partial charge in [-0.25, -0.2) is 0 Å². The van der Waals surface area contributed by atoms with E-state index >= 15 is 0 Å². The molecule has 3 nitrogen and oxygen atoms in total. The van der Waals surface area contributed by atoms with Crippen LogP contribution in [0.15, 0.2) is 150 Å². The van der Waals surface area contributed by atoms with Crippen LogP contribution in [-0.4, -0.2) is 12.8 Å². The summed E-state index contributed by atoms with van der Waals surface area (Å²) in [7, 11) is 1.68. The zero-order valence-corrected chi connectivity index (χ0v) is 22.9. The second kappa shape index (κ2) is 10.6.